The second-order valence-electron chi connectivity index (χ2n) is 2.61. The fourth-order valence-electron chi connectivity index (χ4n) is 0.823. The number of carbonyl (C=O) groups excluding carboxylic acids is 2. The van der Waals surface area contributed by atoms with Crippen LogP contribution < -0.4 is 0 Å². The van der Waals surface area contributed by atoms with Crippen LogP contribution in [0.25, 0.3) is 0 Å². The van der Waals surface area contributed by atoms with Crippen LogP contribution in [0.15, 0.2) is 12.2 Å². The first-order valence-corrected chi connectivity index (χ1v) is 3.99. The van der Waals surface area contributed by atoms with E-state index in [2.05, 4.69) is 9.47 Å². The number of hydrogen-bond donors (Lipinski definition) is 2. The van der Waals surface area contributed by atoms with Gasteiger partial charge in [-0.25, -0.2) is 9.59 Å². The number of carbonyl (C=O) groups is 2. The van der Waals surface area contributed by atoms with Gasteiger partial charge in [-0.2, -0.15) is 0 Å². The van der Waals surface area contributed by atoms with Crippen LogP contribution in [-0.2, 0) is 19.1 Å². The van der Waals surface area contributed by atoms with Crippen molar-refractivity contribution in [3.63, 3.8) is 0 Å². The molecule has 1 heterocycles. The first-order valence-electron chi connectivity index (χ1n) is 3.99. The summed E-state index contributed by atoms with van der Waals surface area (Å²) in [6.07, 6.45) is -0.981. The number of esters is 2. The van der Waals surface area contributed by atoms with E-state index in [4.69, 9.17) is 10.2 Å². The molecule has 0 fully saturated rings. The van der Waals surface area contributed by atoms with Gasteiger partial charge in [0.15, 0.2) is 12.2 Å². The number of aliphatic hydroxyl groups excluding tert-OH is 2. The topological polar surface area (TPSA) is 93.1 Å². The van der Waals surface area contributed by atoms with Gasteiger partial charge in [0.25, 0.3) is 0 Å². The van der Waals surface area contributed by atoms with Gasteiger partial charge in [0.05, 0.1) is 0 Å². The molecule has 6 nitrogen and oxygen atoms in total. The highest BCUT2D eigenvalue weighted by atomic mass is 16.6. The average Bonchev–Trinajstić information content (AvgIpc) is 2.18. The normalized spacial score (nSPS) is 31.6. The second-order valence-corrected chi connectivity index (χ2v) is 2.61. The minimum Gasteiger partial charge on any atom is -0.460 e. The molecule has 1 aliphatic rings. The zero-order valence-corrected chi connectivity index (χ0v) is 7.25. The van der Waals surface area contributed by atoms with E-state index in [-0.39, 0.29) is 13.2 Å². The van der Waals surface area contributed by atoms with Crippen molar-refractivity contribution < 1.29 is 29.3 Å². The summed E-state index contributed by atoms with van der Waals surface area (Å²) < 4.78 is 9.03. The number of rotatable bonds is 0. The molecule has 0 saturated carbocycles. The zero-order chi connectivity index (χ0) is 10.6. The monoisotopic (exact) mass is 202 g/mol. The molecule has 0 aromatic heterocycles. The highest BCUT2D eigenvalue weighted by molar-refractivity contribution is 5.79. The van der Waals surface area contributed by atoms with Gasteiger partial charge < -0.3 is 19.7 Å². The van der Waals surface area contributed by atoms with Crippen LogP contribution in [0.2, 0.25) is 0 Å². The van der Waals surface area contributed by atoms with E-state index >= 15 is 0 Å². The number of aliphatic hydroxyl groups is 2. The van der Waals surface area contributed by atoms with Crippen molar-refractivity contribution in [3.05, 3.63) is 12.2 Å². The van der Waals surface area contributed by atoms with Gasteiger partial charge in [-0.15, -0.1) is 0 Å². The third-order valence-corrected chi connectivity index (χ3v) is 1.53. The molecular formula is C8H10O6. The van der Waals surface area contributed by atoms with Crippen molar-refractivity contribution >= 4 is 11.9 Å². The van der Waals surface area contributed by atoms with Gasteiger partial charge in [0.2, 0.25) is 0 Å². The summed E-state index contributed by atoms with van der Waals surface area (Å²) in [5.41, 5.74) is 0. The minimum absolute atomic E-state index is 0.137. The molecule has 0 radical (unpaired) electrons. The summed E-state index contributed by atoms with van der Waals surface area (Å²) in [6.45, 7) is -0.273. The van der Waals surface area contributed by atoms with Gasteiger partial charge in [-0.1, -0.05) is 0 Å². The summed E-state index contributed by atoms with van der Waals surface area (Å²) in [5, 5.41) is 18.2. The van der Waals surface area contributed by atoms with Crippen LogP contribution in [0, 0.1) is 0 Å². The molecule has 0 amide bonds. The van der Waals surface area contributed by atoms with Gasteiger partial charge in [0, 0.05) is 0 Å². The van der Waals surface area contributed by atoms with Crippen molar-refractivity contribution in [2.24, 2.45) is 0 Å². The Labute approximate surface area is 79.7 Å². The molecule has 0 saturated heterocycles. The molecule has 0 aliphatic carbocycles. The van der Waals surface area contributed by atoms with Crippen LogP contribution >= 0.6 is 0 Å². The molecule has 6 heteroatoms. The van der Waals surface area contributed by atoms with E-state index < -0.39 is 24.1 Å². The standard InChI is InChI=1S/C8H10O6/c9-5-1-2-6(10)8(12)14-4-3-13-7(5)11/h1-2,5-6,9-10H,3-4H2/b2-1+. The quantitative estimate of drug-likeness (QED) is 0.361. The highest BCUT2D eigenvalue weighted by Gasteiger charge is 2.19. The molecule has 2 unspecified atom stereocenters. The molecule has 0 aromatic carbocycles. The molecule has 1 rings (SSSR count). The third-order valence-electron chi connectivity index (χ3n) is 1.53. The molecule has 0 spiro atoms. The zero-order valence-electron chi connectivity index (χ0n) is 7.25. The summed E-state index contributed by atoms with van der Waals surface area (Å²) in [7, 11) is 0. The summed E-state index contributed by atoms with van der Waals surface area (Å²) >= 11 is 0. The van der Waals surface area contributed by atoms with E-state index in [0.29, 0.717) is 0 Å². The summed E-state index contributed by atoms with van der Waals surface area (Å²) in [5.74, 6) is -1.68. The lowest BCUT2D eigenvalue weighted by molar-refractivity contribution is -0.160. The van der Waals surface area contributed by atoms with E-state index in [1.54, 1.807) is 0 Å². The fourth-order valence-corrected chi connectivity index (χ4v) is 0.823. The SMILES string of the molecule is O=C1OCCOC(=O)C(O)/C=C/C1O. The Kier molecular flexibility index (Phi) is 3.61. The van der Waals surface area contributed by atoms with Gasteiger partial charge >= 0.3 is 11.9 Å². The molecule has 0 aromatic rings. The van der Waals surface area contributed by atoms with Crippen LogP contribution in [0.4, 0.5) is 0 Å². The first kappa shape index (κ1) is 10.7. The first-order chi connectivity index (χ1) is 6.61. The lowest BCUT2D eigenvalue weighted by Gasteiger charge is -2.12. The van der Waals surface area contributed by atoms with Crippen molar-refractivity contribution in [1.29, 1.82) is 0 Å². The molecule has 1 aliphatic heterocycles. The Morgan fingerprint density at radius 1 is 1.00 bits per heavy atom. The van der Waals surface area contributed by atoms with Crippen LogP contribution in [0.1, 0.15) is 0 Å². The van der Waals surface area contributed by atoms with Crippen molar-refractivity contribution in [2.45, 2.75) is 12.2 Å². The maximum atomic E-state index is 10.9. The van der Waals surface area contributed by atoms with E-state index in [1.807, 2.05) is 0 Å². The Balaban J connectivity index is 2.69. The third kappa shape index (κ3) is 2.82. The van der Waals surface area contributed by atoms with Crippen molar-refractivity contribution in [1.82, 2.24) is 0 Å². The molecule has 2 N–H and O–H groups in total. The number of ether oxygens (including phenoxy) is 2. The molecular weight excluding hydrogens is 192 g/mol. The summed E-state index contributed by atoms with van der Waals surface area (Å²) in [6, 6.07) is 0. The summed E-state index contributed by atoms with van der Waals surface area (Å²) in [4.78, 5) is 21.7. The maximum absolute atomic E-state index is 10.9. The lowest BCUT2D eigenvalue weighted by Crippen LogP contribution is -2.28. The largest absolute Gasteiger partial charge is 0.460 e. The van der Waals surface area contributed by atoms with Gasteiger partial charge in [0.1, 0.15) is 13.2 Å². The molecule has 78 valence electrons. The Hall–Kier alpha value is -1.40. The predicted molar refractivity (Wildman–Crippen MR) is 43.1 cm³/mol. The maximum Gasteiger partial charge on any atom is 0.339 e. The van der Waals surface area contributed by atoms with Crippen molar-refractivity contribution in [3.8, 4) is 0 Å². The Morgan fingerprint density at radius 3 is 1.71 bits per heavy atom. The van der Waals surface area contributed by atoms with E-state index in [1.165, 1.54) is 0 Å². The number of cyclic esters (lactones) is 2. The molecule has 2 atom stereocenters. The average molecular weight is 202 g/mol. The highest BCUT2D eigenvalue weighted by Crippen LogP contribution is 1.99. The molecule has 0 bridgehead atoms. The van der Waals surface area contributed by atoms with Crippen molar-refractivity contribution in [2.75, 3.05) is 13.2 Å². The lowest BCUT2D eigenvalue weighted by atomic mass is 10.2. The fraction of sp³-hybridized carbons (Fsp3) is 0.500. The van der Waals surface area contributed by atoms with Crippen LogP contribution in [-0.4, -0.2) is 47.6 Å². The van der Waals surface area contributed by atoms with Crippen LogP contribution in [0.5, 0.6) is 0 Å². The minimum atomic E-state index is -1.46. The Bertz CT molecular complexity index is 233. The van der Waals surface area contributed by atoms with E-state index in [0.717, 1.165) is 12.2 Å². The second kappa shape index (κ2) is 4.73. The number of hydrogen-bond acceptors (Lipinski definition) is 6. The smallest absolute Gasteiger partial charge is 0.339 e. The predicted octanol–water partition coefficient (Wildman–Crippen LogP) is -1.64. The van der Waals surface area contributed by atoms with Gasteiger partial charge in [-0.05, 0) is 12.2 Å². The Morgan fingerprint density at radius 2 is 1.36 bits per heavy atom. The van der Waals surface area contributed by atoms with Gasteiger partial charge in [-0.3, -0.25) is 0 Å². The van der Waals surface area contributed by atoms with E-state index in [9.17, 15) is 9.59 Å². The van der Waals surface area contributed by atoms with Crippen LogP contribution in [0.3, 0.4) is 0 Å². The molecule has 14 heavy (non-hydrogen) atoms.